The van der Waals surface area contributed by atoms with E-state index in [0.717, 1.165) is 0 Å². The molecule has 2 N–H and O–H groups in total. The molecular weight excluding hydrogens is 221 g/mol. The zero-order chi connectivity index (χ0) is 12.8. The fourth-order valence-electron chi connectivity index (χ4n) is 1.44. The number of nitriles is 1. The first-order valence-electron chi connectivity index (χ1n) is 5.18. The van der Waals surface area contributed by atoms with Gasteiger partial charge in [0, 0.05) is 25.1 Å². The molecule has 0 unspecified atom stereocenters. The van der Waals surface area contributed by atoms with Crippen molar-refractivity contribution in [3.63, 3.8) is 0 Å². The van der Waals surface area contributed by atoms with E-state index in [-0.39, 0.29) is 18.1 Å². The molecule has 1 amide bonds. The molecule has 17 heavy (non-hydrogen) atoms. The highest BCUT2D eigenvalue weighted by Crippen LogP contribution is 2.12. The van der Waals surface area contributed by atoms with E-state index in [2.05, 4.69) is 0 Å². The molecule has 0 aliphatic carbocycles. The first-order chi connectivity index (χ1) is 8.02. The summed E-state index contributed by atoms with van der Waals surface area (Å²) in [7, 11) is 1.77. The first-order valence-corrected chi connectivity index (χ1v) is 5.18. The molecule has 0 heterocycles. The predicted molar refractivity (Wildman–Crippen MR) is 61.3 cm³/mol. The number of amides is 1. The number of carbonyl (C=O) groups is 1. The lowest BCUT2D eigenvalue weighted by Gasteiger charge is -2.16. The molecule has 1 rings (SSSR count). The number of halogens is 1. The number of rotatable bonds is 5. The third-order valence-electron chi connectivity index (χ3n) is 2.36. The van der Waals surface area contributed by atoms with Crippen molar-refractivity contribution in [3.05, 3.63) is 35.1 Å². The summed E-state index contributed by atoms with van der Waals surface area (Å²) in [5.41, 5.74) is 5.89. The van der Waals surface area contributed by atoms with Gasteiger partial charge in [-0.1, -0.05) is 0 Å². The predicted octanol–water partition coefficient (Wildman–Crippen LogP) is 1.00. The van der Waals surface area contributed by atoms with Crippen LogP contribution in [0.3, 0.4) is 0 Å². The van der Waals surface area contributed by atoms with Crippen LogP contribution in [0.5, 0.6) is 0 Å². The van der Waals surface area contributed by atoms with Crippen LogP contribution in [-0.4, -0.2) is 24.4 Å². The number of hydrogen-bond acceptors (Lipinski definition) is 3. The minimum Gasteiger partial charge on any atom is -0.370 e. The second-order valence-electron chi connectivity index (χ2n) is 3.87. The number of hydrogen-bond donors (Lipinski definition) is 1. The minimum atomic E-state index is -0.386. The van der Waals surface area contributed by atoms with Crippen molar-refractivity contribution in [2.24, 2.45) is 5.73 Å². The van der Waals surface area contributed by atoms with Crippen LogP contribution in [0, 0.1) is 17.1 Å². The van der Waals surface area contributed by atoms with E-state index in [1.165, 1.54) is 18.2 Å². The highest BCUT2D eigenvalue weighted by molar-refractivity contribution is 5.73. The molecular formula is C12H14FN3O. The maximum atomic E-state index is 13.4. The van der Waals surface area contributed by atoms with Crippen LogP contribution in [0.4, 0.5) is 4.39 Å². The number of nitrogens with two attached hydrogens (primary N) is 1. The fourth-order valence-corrected chi connectivity index (χ4v) is 1.44. The molecule has 0 radical (unpaired) electrons. The van der Waals surface area contributed by atoms with E-state index in [1.807, 2.05) is 6.07 Å². The van der Waals surface area contributed by atoms with Crippen molar-refractivity contribution >= 4 is 5.91 Å². The van der Waals surface area contributed by atoms with E-state index in [9.17, 15) is 9.18 Å². The van der Waals surface area contributed by atoms with Crippen LogP contribution in [0.1, 0.15) is 17.5 Å². The second-order valence-corrected chi connectivity index (χ2v) is 3.87. The summed E-state index contributed by atoms with van der Waals surface area (Å²) in [5, 5.41) is 8.72. The molecule has 0 atom stereocenters. The van der Waals surface area contributed by atoms with E-state index < -0.39 is 0 Å². The van der Waals surface area contributed by atoms with Crippen molar-refractivity contribution in [2.75, 3.05) is 13.6 Å². The highest BCUT2D eigenvalue weighted by Gasteiger charge is 2.07. The molecule has 0 fully saturated rings. The lowest BCUT2D eigenvalue weighted by Crippen LogP contribution is -2.24. The third-order valence-corrected chi connectivity index (χ3v) is 2.36. The number of primary amides is 1. The van der Waals surface area contributed by atoms with Gasteiger partial charge in [-0.2, -0.15) is 5.26 Å². The quantitative estimate of drug-likeness (QED) is 0.827. The minimum absolute atomic E-state index is 0.232. The zero-order valence-electron chi connectivity index (χ0n) is 9.61. The molecule has 0 saturated carbocycles. The van der Waals surface area contributed by atoms with Crippen molar-refractivity contribution in [1.82, 2.24) is 4.90 Å². The Morgan fingerprint density at radius 2 is 2.29 bits per heavy atom. The summed E-state index contributed by atoms with van der Waals surface area (Å²) in [6.07, 6.45) is 0.232. The van der Waals surface area contributed by atoms with Gasteiger partial charge < -0.3 is 10.6 Å². The average molecular weight is 235 g/mol. The SMILES string of the molecule is CN(CCC(N)=O)Cc1cc(C#N)ccc1F. The Hall–Kier alpha value is -1.93. The van der Waals surface area contributed by atoms with Gasteiger partial charge in [-0.3, -0.25) is 4.79 Å². The van der Waals surface area contributed by atoms with Gasteiger partial charge in [0.15, 0.2) is 0 Å². The summed E-state index contributed by atoms with van der Waals surface area (Å²) < 4.78 is 13.4. The first kappa shape index (κ1) is 13.1. The Balaban J connectivity index is 2.67. The highest BCUT2D eigenvalue weighted by atomic mass is 19.1. The van der Waals surface area contributed by atoms with Crippen molar-refractivity contribution in [1.29, 1.82) is 5.26 Å². The second kappa shape index (κ2) is 5.97. The van der Waals surface area contributed by atoms with E-state index >= 15 is 0 Å². The molecule has 0 saturated heterocycles. The normalized spacial score (nSPS) is 10.2. The third kappa shape index (κ3) is 4.21. The van der Waals surface area contributed by atoms with E-state index in [1.54, 1.807) is 11.9 Å². The summed E-state index contributed by atoms with van der Waals surface area (Å²) in [5.74, 6) is -0.738. The van der Waals surface area contributed by atoms with Gasteiger partial charge in [0.1, 0.15) is 5.82 Å². The Bertz CT molecular complexity index is 454. The van der Waals surface area contributed by atoms with Crippen LogP contribution in [-0.2, 0) is 11.3 Å². The van der Waals surface area contributed by atoms with Gasteiger partial charge in [-0.25, -0.2) is 4.39 Å². The van der Waals surface area contributed by atoms with Crippen LogP contribution < -0.4 is 5.73 Å². The molecule has 90 valence electrons. The lowest BCUT2D eigenvalue weighted by atomic mass is 10.1. The van der Waals surface area contributed by atoms with Crippen LogP contribution >= 0.6 is 0 Å². The summed E-state index contributed by atoms with van der Waals surface area (Å²) in [6, 6.07) is 6.18. The molecule has 5 heteroatoms. The molecule has 1 aromatic rings. The average Bonchev–Trinajstić information content (AvgIpc) is 2.29. The Morgan fingerprint density at radius 1 is 1.59 bits per heavy atom. The smallest absolute Gasteiger partial charge is 0.218 e. The van der Waals surface area contributed by atoms with Crippen molar-refractivity contribution in [2.45, 2.75) is 13.0 Å². The Morgan fingerprint density at radius 3 is 2.88 bits per heavy atom. The standard InChI is InChI=1S/C12H14FN3O/c1-16(5-4-12(15)17)8-10-6-9(7-14)2-3-11(10)13/h2-3,6H,4-5,8H2,1H3,(H2,15,17). The monoisotopic (exact) mass is 235 g/mol. The largest absolute Gasteiger partial charge is 0.370 e. The van der Waals surface area contributed by atoms with Gasteiger partial charge in [0.25, 0.3) is 0 Å². The summed E-state index contributed by atoms with van der Waals surface area (Å²) >= 11 is 0. The Labute approximate surface area is 99.4 Å². The topological polar surface area (TPSA) is 70.1 Å². The summed E-state index contributed by atoms with van der Waals surface area (Å²) in [6.45, 7) is 0.806. The number of nitrogens with zero attached hydrogens (tertiary/aromatic N) is 2. The van der Waals surface area contributed by atoms with E-state index in [0.29, 0.717) is 24.2 Å². The fraction of sp³-hybridized carbons (Fsp3) is 0.333. The van der Waals surface area contributed by atoms with Gasteiger partial charge in [-0.05, 0) is 25.2 Å². The van der Waals surface area contributed by atoms with Crippen molar-refractivity contribution < 1.29 is 9.18 Å². The van der Waals surface area contributed by atoms with Crippen LogP contribution in [0.2, 0.25) is 0 Å². The van der Waals surface area contributed by atoms with Gasteiger partial charge in [-0.15, -0.1) is 0 Å². The molecule has 0 bridgehead atoms. The molecule has 0 spiro atoms. The van der Waals surface area contributed by atoms with Gasteiger partial charge in [0.2, 0.25) is 5.91 Å². The lowest BCUT2D eigenvalue weighted by molar-refractivity contribution is -0.118. The van der Waals surface area contributed by atoms with E-state index in [4.69, 9.17) is 11.0 Å². The van der Waals surface area contributed by atoms with Gasteiger partial charge in [0.05, 0.1) is 11.6 Å². The van der Waals surface area contributed by atoms with Crippen LogP contribution in [0.25, 0.3) is 0 Å². The van der Waals surface area contributed by atoms with Crippen LogP contribution in [0.15, 0.2) is 18.2 Å². The molecule has 0 aliphatic heterocycles. The molecule has 0 aromatic heterocycles. The maximum absolute atomic E-state index is 13.4. The Kier molecular flexibility index (Phi) is 4.61. The van der Waals surface area contributed by atoms with Gasteiger partial charge >= 0.3 is 0 Å². The summed E-state index contributed by atoms with van der Waals surface area (Å²) in [4.78, 5) is 12.4. The molecule has 0 aliphatic rings. The number of carbonyl (C=O) groups excluding carboxylic acids is 1. The van der Waals surface area contributed by atoms with Crippen molar-refractivity contribution in [3.8, 4) is 6.07 Å². The maximum Gasteiger partial charge on any atom is 0.218 e. The zero-order valence-corrected chi connectivity index (χ0v) is 9.61. The number of benzene rings is 1. The molecule has 1 aromatic carbocycles. The molecule has 4 nitrogen and oxygen atoms in total.